The maximum Gasteiger partial charge on any atom is 0.256 e. The highest BCUT2D eigenvalue weighted by Crippen LogP contribution is 2.33. The van der Waals surface area contributed by atoms with Crippen LogP contribution in [0.4, 0.5) is 0 Å². The van der Waals surface area contributed by atoms with Gasteiger partial charge in [-0.05, 0) is 38.0 Å². The molecule has 0 radical (unpaired) electrons. The Kier molecular flexibility index (Phi) is 5.65. The van der Waals surface area contributed by atoms with E-state index in [0.29, 0.717) is 41.5 Å². The Bertz CT molecular complexity index is 693. The molecule has 124 valence electrons. The number of carbonyl (C=O) groups is 1. The lowest BCUT2D eigenvalue weighted by Crippen LogP contribution is -2.26. The van der Waals surface area contributed by atoms with Gasteiger partial charge in [0.1, 0.15) is 11.3 Å². The average molecular weight is 383 g/mol. The fourth-order valence-electron chi connectivity index (χ4n) is 2.29. The van der Waals surface area contributed by atoms with Crippen molar-refractivity contribution in [3.63, 3.8) is 0 Å². The Morgan fingerprint density at radius 2 is 1.91 bits per heavy atom. The lowest BCUT2D eigenvalue weighted by atomic mass is 10.1. The second-order valence-corrected chi connectivity index (χ2v) is 5.86. The molecule has 0 aliphatic carbocycles. The summed E-state index contributed by atoms with van der Waals surface area (Å²) in [4.78, 5) is 12.2. The topological polar surface area (TPSA) is 73.6 Å². The minimum Gasteiger partial charge on any atom is -0.493 e. The van der Waals surface area contributed by atoms with Crippen molar-refractivity contribution in [2.24, 2.45) is 0 Å². The SMILES string of the molecule is COc1cc(Br)c(CCNC(=O)c2c(C)noc2C)cc1OC. The van der Waals surface area contributed by atoms with E-state index < -0.39 is 0 Å². The van der Waals surface area contributed by atoms with Crippen LogP contribution in [0.2, 0.25) is 0 Å². The smallest absolute Gasteiger partial charge is 0.256 e. The van der Waals surface area contributed by atoms with Crippen LogP contribution < -0.4 is 14.8 Å². The van der Waals surface area contributed by atoms with E-state index in [1.807, 2.05) is 12.1 Å². The molecule has 6 nitrogen and oxygen atoms in total. The number of aryl methyl sites for hydroxylation is 2. The number of nitrogens with one attached hydrogen (secondary N) is 1. The molecule has 0 atom stereocenters. The molecule has 1 heterocycles. The summed E-state index contributed by atoms with van der Waals surface area (Å²) >= 11 is 3.51. The highest BCUT2D eigenvalue weighted by atomic mass is 79.9. The number of benzene rings is 1. The van der Waals surface area contributed by atoms with Gasteiger partial charge in [0.15, 0.2) is 11.5 Å². The van der Waals surface area contributed by atoms with E-state index >= 15 is 0 Å². The lowest BCUT2D eigenvalue weighted by Gasteiger charge is -2.12. The van der Waals surface area contributed by atoms with Crippen LogP contribution >= 0.6 is 15.9 Å². The number of hydrogen-bond donors (Lipinski definition) is 1. The Morgan fingerprint density at radius 1 is 1.26 bits per heavy atom. The zero-order valence-electron chi connectivity index (χ0n) is 13.5. The van der Waals surface area contributed by atoms with Gasteiger partial charge in [0.25, 0.3) is 5.91 Å². The first kappa shape index (κ1) is 17.3. The second-order valence-electron chi connectivity index (χ2n) is 5.00. The first-order valence-electron chi connectivity index (χ1n) is 7.09. The van der Waals surface area contributed by atoms with Gasteiger partial charge in [-0.1, -0.05) is 21.1 Å². The molecule has 1 aromatic heterocycles. The summed E-state index contributed by atoms with van der Waals surface area (Å²) in [5, 5.41) is 6.66. The molecule has 0 fully saturated rings. The first-order valence-corrected chi connectivity index (χ1v) is 7.88. The molecule has 7 heteroatoms. The molecule has 0 bridgehead atoms. The molecular weight excluding hydrogens is 364 g/mol. The molecule has 2 aromatic rings. The monoisotopic (exact) mass is 382 g/mol. The average Bonchev–Trinajstić information content (AvgIpc) is 2.87. The summed E-state index contributed by atoms with van der Waals surface area (Å²) in [6.07, 6.45) is 0.649. The fraction of sp³-hybridized carbons (Fsp3) is 0.375. The van der Waals surface area contributed by atoms with E-state index in [9.17, 15) is 4.79 Å². The van der Waals surface area contributed by atoms with Crippen molar-refractivity contribution < 1.29 is 18.8 Å². The molecular formula is C16H19BrN2O4. The second kappa shape index (κ2) is 7.50. The molecule has 0 aliphatic heterocycles. The van der Waals surface area contributed by atoms with Gasteiger partial charge in [-0.25, -0.2) is 0 Å². The quantitative estimate of drug-likeness (QED) is 0.830. The van der Waals surface area contributed by atoms with Crippen LogP contribution in [0.15, 0.2) is 21.1 Å². The summed E-state index contributed by atoms with van der Waals surface area (Å²) < 4.78 is 16.5. The molecule has 0 aliphatic rings. The van der Waals surface area contributed by atoms with Gasteiger partial charge in [-0.15, -0.1) is 0 Å². The third kappa shape index (κ3) is 3.85. The van der Waals surface area contributed by atoms with Crippen molar-refractivity contribution in [2.75, 3.05) is 20.8 Å². The Balaban J connectivity index is 2.03. The number of rotatable bonds is 6. The largest absolute Gasteiger partial charge is 0.493 e. The summed E-state index contributed by atoms with van der Waals surface area (Å²) in [5.74, 6) is 1.65. The van der Waals surface area contributed by atoms with Crippen molar-refractivity contribution in [3.05, 3.63) is 39.2 Å². The normalized spacial score (nSPS) is 10.5. The van der Waals surface area contributed by atoms with E-state index in [1.54, 1.807) is 28.1 Å². The third-order valence-electron chi connectivity index (χ3n) is 3.49. The van der Waals surface area contributed by atoms with E-state index in [0.717, 1.165) is 10.0 Å². The van der Waals surface area contributed by atoms with Gasteiger partial charge in [0.2, 0.25) is 0 Å². The molecule has 1 N–H and O–H groups in total. The zero-order valence-corrected chi connectivity index (χ0v) is 15.1. The van der Waals surface area contributed by atoms with Crippen LogP contribution in [0.1, 0.15) is 27.4 Å². The van der Waals surface area contributed by atoms with Crippen LogP contribution in [-0.4, -0.2) is 31.8 Å². The minimum atomic E-state index is -0.183. The molecule has 0 spiro atoms. The maximum atomic E-state index is 12.2. The van der Waals surface area contributed by atoms with Gasteiger partial charge in [0, 0.05) is 11.0 Å². The Hall–Kier alpha value is -2.02. The Labute approximate surface area is 143 Å². The molecule has 0 unspecified atom stereocenters. The van der Waals surface area contributed by atoms with Gasteiger partial charge < -0.3 is 19.3 Å². The van der Waals surface area contributed by atoms with Crippen molar-refractivity contribution in [1.29, 1.82) is 0 Å². The zero-order chi connectivity index (χ0) is 17.0. The van der Waals surface area contributed by atoms with Gasteiger partial charge >= 0.3 is 0 Å². The lowest BCUT2D eigenvalue weighted by molar-refractivity contribution is 0.0952. The van der Waals surface area contributed by atoms with E-state index in [2.05, 4.69) is 26.4 Å². The predicted octanol–water partition coefficient (Wildman–Crippen LogP) is 3.04. The van der Waals surface area contributed by atoms with Gasteiger partial charge in [-0.3, -0.25) is 4.79 Å². The van der Waals surface area contributed by atoms with E-state index in [-0.39, 0.29) is 5.91 Å². The van der Waals surface area contributed by atoms with Gasteiger partial charge in [0.05, 0.1) is 19.9 Å². The number of ether oxygens (including phenoxy) is 2. The molecule has 23 heavy (non-hydrogen) atoms. The summed E-state index contributed by atoms with van der Waals surface area (Å²) in [6, 6.07) is 3.75. The number of amides is 1. The van der Waals surface area contributed by atoms with Crippen LogP contribution in [0.25, 0.3) is 0 Å². The number of aromatic nitrogens is 1. The van der Waals surface area contributed by atoms with Crippen LogP contribution in [0.3, 0.4) is 0 Å². The molecule has 1 amide bonds. The van der Waals surface area contributed by atoms with Crippen molar-refractivity contribution in [2.45, 2.75) is 20.3 Å². The highest BCUT2D eigenvalue weighted by molar-refractivity contribution is 9.10. The molecule has 1 aromatic carbocycles. The molecule has 0 saturated heterocycles. The van der Waals surface area contributed by atoms with E-state index in [4.69, 9.17) is 14.0 Å². The van der Waals surface area contributed by atoms with Crippen LogP contribution in [-0.2, 0) is 6.42 Å². The summed E-state index contributed by atoms with van der Waals surface area (Å²) in [5.41, 5.74) is 2.10. The summed E-state index contributed by atoms with van der Waals surface area (Å²) in [6.45, 7) is 3.95. The van der Waals surface area contributed by atoms with Crippen LogP contribution in [0.5, 0.6) is 11.5 Å². The molecule has 2 rings (SSSR count). The number of halogens is 1. The number of carbonyl (C=O) groups excluding carboxylic acids is 1. The highest BCUT2D eigenvalue weighted by Gasteiger charge is 2.17. The standard InChI is InChI=1S/C16H19BrN2O4/c1-9-15(10(2)23-19-9)16(20)18-6-5-11-7-13(21-3)14(22-4)8-12(11)17/h7-8H,5-6H2,1-4H3,(H,18,20). The fourth-order valence-corrected chi connectivity index (χ4v) is 2.81. The van der Waals surface area contributed by atoms with Crippen LogP contribution in [0, 0.1) is 13.8 Å². The third-order valence-corrected chi connectivity index (χ3v) is 4.23. The van der Waals surface area contributed by atoms with Crippen molar-refractivity contribution in [3.8, 4) is 11.5 Å². The first-order chi connectivity index (χ1) is 11.0. The van der Waals surface area contributed by atoms with E-state index in [1.165, 1.54) is 0 Å². The number of methoxy groups -OCH3 is 2. The number of hydrogen-bond acceptors (Lipinski definition) is 5. The minimum absolute atomic E-state index is 0.183. The van der Waals surface area contributed by atoms with Gasteiger partial charge in [-0.2, -0.15) is 0 Å². The predicted molar refractivity (Wildman–Crippen MR) is 89.3 cm³/mol. The number of nitrogens with zero attached hydrogens (tertiary/aromatic N) is 1. The molecule has 0 saturated carbocycles. The summed E-state index contributed by atoms with van der Waals surface area (Å²) in [7, 11) is 3.18. The Morgan fingerprint density at radius 3 is 2.48 bits per heavy atom. The van der Waals surface area contributed by atoms with Crippen molar-refractivity contribution >= 4 is 21.8 Å². The maximum absolute atomic E-state index is 12.2. The van der Waals surface area contributed by atoms with Crippen molar-refractivity contribution in [1.82, 2.24) is 10.5 Å².